The third-order valence-corrected chi connectivity index (χ3v) is 8.69. The molecule has 0 aromatic heterocycles. The van der Waals surface area contributed by atoms with Crippen molar-refractivity contribution in [2.75, 3.05) is 39.9 Å². The molecule has 1 aliphatic carbocycles. The molecule has 10 heteroatoms. The molecule has 2 aromatic carbocycles. The van der Waals surface area contributed by atoms with Crippen LogP contribution in [0.2, 0.25) is 10.0 Å². The van der Waals surface area contributed by atoms with Crippen LogP contribution in [0.1, 0.15) is 79.4 Å². The molecule has 0 radical (unpaired) electrons. The van der Waals surface area contributed by atoms with Crippen LogP contribution in [0.3, 0.4) is 0 Å². The molecular formula is C31H38Cl2F2N2O4. The summed E-state index contributed by atoms with van der Waals surface area (Å²) < 4.78 is 40.7. The Balaban J connectivity index is 0.000000909. The topological polar surface area (TPSA) is 59.1 Å². The highest BCUT2D eigenvalue weighted by molar-refractivity contribution is 6.34. The smallest absolute Gasteiger partial charge is 0.292 e. The van der Waals surface area contributed by atoms with E-state index in [0.29, 0.717) is 67.2 Å². The number of amides is 1. The number of ether oxygens (including phenoxy) is 2. The Morgan fingerprint density at radius 3 is 2.27 bits per heavy atom. The van der Waals surface area contributed by atoms with Crippen LogP contribution in [0.5, 0.6) is 5.75 Å². The third kappa shape index (κ3) is 8.11. The van der Waals surface area contributed by atoms with Crippen LogP contribution in [-0.2, 0) is 9.53 Å². The van der Waals surface area contributed by atoms with Gasteiger partial charge in [-0.2, -0.15) is 0 Å². The Labute approximate surface area is 250 Å². The third-order valence-electron chi connectivity index (χ3n) is 8.25. The van der Waals surface area contributed by atoms with E-state index in [1.807, 2.05) is 12.1 Å². The van der Waals surface area contributed by atoms with E-state index >= 15 is 8.78 Å². The summed E-state index contributed by atoms with van der Waals surface area (Å²) in [5.74, 6) is 0.173. The van der Waals surface area contributed by atoms with Crippen LogP contribution in [0.15, 0.2) is 30.3 Å². The SMILES string of the molecule is CC1CCN(C(=O)c2cc(C3CC3)c(OCC3(F)CCN(C(C)c4cc(Cl)cc(Cl)c4)CC3)cc2F)C1.COC=O. The number of carbonyl (C=O) groups excluding carboxylic acids is 2. The molecule has 0 N–H and O–H groups in total. The highest BCUT2D eigenvalue weighted by Crippen LogP contribution is 2.46. The van der Waals surface area contributed by atoms with Crippen molar-refractivity contribution in [3.05, 3.63) is 62.9 Å². The second kappa shape index (κ2) is 13.7. The van der Waals surface area contributed by atoms with E-state index in [1.165, 1.54) is 13.2 Å². The monoisotopic (exact) mass is 610 g/mol. The molecule has 3 aliphatic rings. The van der Waals surface area contributed by atoms with E-state index in [4.69, 9.17) is 32.7 Å². The van der Waals surface area contributed by atoms with Crippen molar-refractivity contribution in [2.45, 2.75) is 63.6 Å². The van der Waals surface area contributed by atoms with Gasteiger partial charge in [-0.05, 0) is 86.3 Å². The minimum absolute atomic E-state index is 0.0564. The van der Waals surface area contributed by atoms with Gasteiger partial charge >= 0.3 is 0 Å². The number of nitrogens with zero attached hydrogens (tertiary/aromatic N) is 2. The molecule has 2 aliphatic heterocycles. The van der Waals surface area contributed by atoms with Crippen molar-refractivity contribution in [1.82, 2.24) is 9.80 Å². The predicted molar refractivity (Wildman–Crippen MR) is 156 cm³/mol. The number of hydrogen-bond acceptors (Lipinski definition) is 5. The minimum Gasteiger partial charge on any atom is -0.490 e. The van der Waals surface area contributed by atoms with Gasteiger partial charge in [0.1, 0.15) is 23.8 Å². The summed E-state index contributed by atoms with van der Waals surface area (Å²) in [6.07, 6.45) is 3.51. The van der Waals surface area contributed by atoms with Gasteiger partial charge < -0.3 is 14.4 Å². The summed E-state index contributed by atoms with van der Waals surface area (Å²) >= 11 is 12.3. The van der Waals surface area contributed by atoms with Crippen LogP contribution in [0, 0.1) is 11.7 Å². The molecule has 1 amide bonds. The summed E-state index contributed by atoms with van der Waals surface area (Å²) in [4.78, 5) is 25.9. The lowest BCUT2D eigenvalue weighted by Gasteiger charge is -2.39. The quantitative estimate of drug-likeness (QED) is 0.295. The first-order chi connectivity index (χ1) is 19.5. The molecule has 5 rings (SSSR count). The fourth-order valence-corrected chi connectivity index (χ4v) is 6.10. The number of alkyl halides is 1. The van der Waals surface area contributed by atoms with Crippen LogP contribution in [0.25, 0.3) is 0 Å². The van der Waals surface area contributed by atoms with Crippen molar-refractivity contribution in [3.63, 3.8) is 0 Å². The number of methoxy groups -OCH3 is 1. The standard InChI is InChI=1S/C29H34Cl2F2N2O2.C2H4O2/c1-18-5-8-35(16-18)28(36)25-14-24(20-3-4-20)27(15-26(25)32)37-17-29(33)6-9-34(10-7-29)19(2)21-11-22(30)13-23(31)12-21;1-4-2-3/h11-15,18-20H,3-10,16-17H2,1-2H3;2H,1H3. The molecule has 2 atom stereocenters. The van der Waals surface area contributed by atoms with Crippen molar-refractivity contribution in [3.8, 4) is 5.75 Å². The number of likely N-dealkylation sites (tertiary alicyclic amines) is 2. The van der Waals surface area contributed by atoms with E-state index < -0.39 is 11.5 Å². The highest BCUT2D eigenvalue weighted by atomic mass is 35.5. The minimum atomic E-state index is -1.50. The van der Waals surface area contributed by atoms with Gasteiger partial charge in [0.05, 0.1) is 12.7 Å². The molecule has 0 spiro atoms. The first kappa shape index (κ1) is 31.5. The molecule has 1 saturated carbocycles. The first-order valence-electron chi connectivity index (χ1n) is 14.1. The summed E-state index contributed by atoms with van der Waals surface area (Å²) in [5.41, 5.74) is 0.425. The molecular weight excluding hydrogens is 573 g/mol. The van der Waals surface area contributed by atoms with Gasteiger partial charge in [-0.15, -0.1) is 0 Å². The van der Waals surface area contributed by atoms with Crippen LogP contribution < -0.4 is 4.74 Å². The number of piperidine rings is 1. The summed E-state index contributed by atoms with van der Waals surface area (Å²) in [6.45, 7) is 6.85. The normalized spacial score (nSPS) is 21.0. The fraction of sp³-hybridized carbons (Fsp3) is 0.548. The Bertz CT molecular complexity index is 1210. The summed E-state index contributed by atoms with van der Waals surface area (Å²) in [6, 6.07) is 8.49. The maximum absolute atomic E-state index is 15.8. The summed E-state index contributed by atoms with van der Waals surface area (Å²) in [7, 11) is 1.31. The highest BCUT2D eigenvalue weighted by Gasteiger charge is 2.38. The lowest BCUT2D eigenvalue weighted by atomic mass is 9.92. The second-order valence-corrected chi connectivity index (χ2v) is 12.3. The maximum atomic E-state index is 15.8. The fourth-order valence-electron chi connectivity index (χ4n) is 5.55. The first-order valence-corrected chi connectivity index (χ1v) is 14.9. The molecule has 224 valence electrons. The number of halogens is 4. The van der Waals surface area contributed by atoms with Gasteiger partial charge in [-0.3, -0.25) is 14.5 Å². The van der Waals surface area contributed by atoms with E-state index in [9.17, 15) is 4.79 Å². The molecule has 2 aromatic rings. The Morgan fingerprint density at radius 2 is 1.73 bits per heavy atom. The molecule has 2 heterocycles. The van der Waals surface area contributed by atoms with Crippen LogP contribution >= 0.6 is 23.2 Å². The lowest BCUT2D eigenvalue weighted by Crippen LogP contribution is -2.45. The van der Waals surface area contributed by atoms with Gasteiger partial charge in [0.15, 0.2) is 0 Å². The van der Waals surface area contributed by atoms with E-state index in [2.05, 4.69) is 23.5 Å². The number of benzene rings is 2. The Morgan fingerprint density at radius 1 is 1.10 bits per heavy atom. The maximum Gasteiger partial charge on any atom is 0.292 e. The van der Waals surface area contributed by atoms with Gasteiger partial charge in [-0.25, -0.2) is 8.78 Å². The number of hydrogen-bond donors (Lipinski definition) is 0. The Hall–Kier alpha value is -2.42. The zero-order valence-electron chi connectivity index (χ0n) is 23.8. The molecule has 2 saturated heterocycles. The Kier molecular flexibility index (Phi) is 10.5. The average Bonchev–Trinajstić information content (AvgIpc) is 3.70. The second-order valence-electron chi connectivity index (χ2n) is 11.5. The molecule has 3 fully saturated rings. The molecule has 41 heavy (non-hydrogen) atoms. The van der Waals surface area contributed by atoms with Gasteiger partial charge in [0.2, 0.25) is 0 Å². The largest absolute Gasteiger partial charge is 0.490 e. The van der Waals surface area contributed by atoms with Crippen molar-refractivity contribution in [2.24, 2.45) is 5.92 Å². The molecule has 6 nitrogen and oxygen atoms in total. The average molecular weight is 612 g/mol. The van der Waals surface area contributed by atoms with E-state index in [1.54, 1.807) is 17.0 Å². The zero-order chi connectivity index (χ0) is 29.7. The van der Waals surface area contributed by atoms with Crippen LogP contribution in [0.4, 0.5) is 8.78 Å². The predicted octanol–water partition coefficient (Wildman–Crippen LogP) is 7.23. The van der Waals surface area contributed by atoms with Gasteiger partial charge in [0.25, 0.3) is 12.4 Å². The van der Waals surface area contributed by atoms with Crippen LogP contribution in [-0.4, -0.2) is 67.7 Å². The van der Waals surface area contributed by atoms with Gasteiger partial charge in [-0.1, -0.05) is 30.1 Å². The summed E-state index contributed by atoms with van der Waals surface area (Å²) in [5, 5.41) is 1.17. The van der Waals surface area contributed by atoms with Crippen molar-refractivity contribution >= 4 is 35.6 Å². The van der Waals surface area contributed by atoms with Gasteiger partial charge in [0, 0.05) is 48.3 Å². The number of rotatable bonds is 8. The molecule has 2 unspecified atom stereocenters. The lowest BCUT2D eigenvalue weighted by molar-refractivity contribution is -0.126. The van der Waals surface area contributed by atoms with E-state index in [-0.39, 0.29) is 30.0 Å². The number of carbonyl (C=O) groups is 2. The molecule has 0 bridgehead atoms. The van der Waals surface area contributed by atoms with Crippen molar-refractivity contribution < 1.29 is 27.8 Å². The van der Waals surface area contributed by atoms with Crippen molar-refractivity contribution in [1.29, 1.82) is 0 Å². The zero-order valence-corrected chi connectivity index (χ0v) is 25.3. The van der Waals surface area contributed by atoms with E-state index in [0.717, 1.165) is 30.4 Å².